The highest BCUT2D eigenvalue weighted by Crippen LogP contribution is 2.25. The van der Waals surface area contributed by atoms with Crippen LogP contribution in [0.5, 0.6) is 0 Å². The SMILES string of the molecule is Cc1ccc(CNS(=O)(=O)c2ccc(Cl)s2)cc1. The summed E-state index contributed by atoms with van der Waals surface area (Å²) in [6.45, 7) is 2.26. The van der Waals surface area contributed by atoms with Crippen molar-refractivity contribution in [2.75, 3.05) is 0 Å². The Balaban J connectivity index is 2.08. The smallest absolute Gasteiger partial charge is 0.206 e. The molecule has 0 atom stereocenters. The maximum atomic E-state index is 11.9. The van der Waals surface area contributed by atoms with Gasteiger partial charge in [-0.3, -0.25) is 0 Å². The summed E-state index contributed by atoms with van der Waals surface area (Å²) in [5.74, 6) is 0. The van der Waals surface area contributed by atoms with Crippen LogP contribution in [0.1, 0.15) is 11.1 Å². The van der Waals surface area contributed by atoms with Crippen LogP contribution in [0.2, 0.25) is 4.34 Å². The van der Waals surface area contributed by atoms with Crippen LogP contribution in [-0.4, -0.2) is 8.42 Å². The van der Waals surface area contributed by atoms with Gasteiger partial charge in [0.05, 0.1) is 4.34 Å². The van der Waals surface area contributed by atoms with Crippen molar-refractivity contribution in [2.24, 2.45) is 0 Å². The molecule has 0 radical (unpaired) electrons. The lowest BCUT2D eigenvalue weighted by atomic mass is 10.2. The molecule has 2 aromatic rings. The number of thiophene rings is 1. The first-order valence-electron chi connectivity index (χ1n) is 5.28. The number of hydrogen-bond acceptors (Lipinski definition) is 3. The van der Waals surface area contributed by atoms with Gasteiger partial charge in [-0.05, 0) is 24.6 Å². The molecule has 1 aromatic carbocycles. The number of sulfonamides is 1. The quantitative estimate of drug-likeness (QED) is 0.942. The van der Waals surface area contributed by atoms with E-state index in [1.807, 2.05) is 31.2 Å². The molecule has 1 N–H and O–H groups in total. The van der Waals surface area contributed by atoms with Crippen molar-refractivity contribution in [3.8, 4) is 0 Å². The molecule has 0 saturated heterocycles. The fraction of sp³-hybridized carbons (Fsp3) is 0.167. The summed E-state index contributed by atoms with van der Waals surface area (Å²) in [5, 5.41) is 0. The fourth-order valence-electron chi connectivity index (χ4n) is 1.40. The molecule has 96 valence electrons. The monoisotopic (exact) mass is 301 g/mol. The standard InChI is InChI=1S/C12H12ClNO2S2/c1-9-2-4-10(5-3-9)8-14-18(15,16)12-7-6-11(13)17-12/h2-7,14H,8H2,1H3. The van der Waals surface area contributed by atoms with Crippen LogP contribution >= 0.6 is 22.9 Å². The first-order chi connectivity index (χ1) is 8.47. The minimum Gasteiger partial charge on any atom is -0.206 e. The summed E-state index contributed by atoms with van der Waals surface area (Å²) in [6.07, 6.45) is 0. The molecule has 0 aliphatic carbocycles. The van der Waals surface area contributed by atoms with Crippen molar-refractivity contribution in [3.05, 3.63) is 51.9 Å². The van der Waals surface area contributed by atoms with E-state index in [1.165, 1.54) is 6.07 Å². The second-order valence-electron chi connectivity index (χ2n) is 3.87. The molecule has 0 bridgehead atoms. The minimum absolute atomic E-state index is 0.236. The Bertz CT molecular complexity index is 632. The third-order valence-corrected chi connectivity index (χ3v) is 5.52. The lowest BCUT2D eigenvalue weighted by molar-refractivity contribution is 0.583. The molecule has 1 aromatic heterocycles. The van der Waals surface area contributed by atoms with Crippen LogP contribution in [0.15, 0.2) is 40.6 Å². The minimum atomic E-state index is -3.46. The Hall–Kier alpha value is -0.880. The van der Waals surface area contributed by atoms with Crippen LogP contribution in [0, 0.1) is 6.92 Å². The summed E-state index contributed by atoms with van der Waals surface area (Å²) >= 11 is 6.77. The third-order valence-electron chi connectivity index (χ3n) is 2.40. The van der Waals surface area contributed by atoms with E-state index in [0.29, 0.717) is 4.34 Å². The van der Waals surface area contributed by atoms with Crippen molar-refractivity contribution >= 4 is 33.0 Å². The number of benzene rings is 1. The molecule has 0 spiro atoms. The van der Waals surface area contributed by atoms with Crippen molar-refractivity contribution in [2.45, 2.75) is 17.7 Å². The first kappa shape index (κ1) is 13.5. The second-order valence-corrected chi connectivity index (χ2v) is 7.58. The maximum Gasteiger partial charge on any atom is 0.250 e. The summed E-state index contributed by atoms with van der Waals surface area (Å²) in [7, 11) is -3.46. The molecule has 0 aliphatic heterocycles. The number of nitrogens with one attached hydrogen (secondary N) is 1. The average Bonchev–Trinajstić information content (AvgIpc) is 2.76. The Morgan fingerprint density at radius 3 is 2.39 bits per heavy atom. The molecular weight excluding hydrogens is 290 g/mol. The van der Waals surface area contributed by atoms with Crippen LogP contribution in [0.25, 0.3) is 0 Å². The van der Waals surface area contributed by atoms with Crippen molar-refractivity contribution < 1.29 is 8.42 Å². The highest BCUT2D eigenvalue weighted by molar-refractivity contribution is 7.91. The van der Waals surface area contributed by atoms with Gasteiger partial charge < -0.3 is 0 Å². The summed E-state index contributed by atoms with van der Waals surface area (Å²) in [4.78, 5) is 0. The molecule has 2 rings (SSSR count). The lowest BCUT2D eigenvalue weighted by Gasteiger charge is -2.05. The second kappa shape index (κ2) is 5.40. The van der Waals surface area contributed by atoms with E-state index >= 15 is 0 Å². The predicted molar refractivity (Wildman–Crippen MR) is 74.5 cm³/mol. The summed E-state index contributed by atoms with van der Waals surface area (Å²) < 4.78 is 27.1. The van der Waals surface area contributed by atoms with E-state index in [0.717, 1.165) is 22.5 Å². The van der Waals surface area contributed by atoms with Crippen molar-refractivity contribution in [3.63, 3.8) is 0 Å². The zero-order valence-corrected chi connectivity index (χ0v) is 12.1. The molecule has 3 nitrogen and oxygen atoms in total. The van der Waals surface area contributed by atoms with Gasteiger partial charge in [-0.25, -0.2) is 13.1 Å². The molecule has 6 heteroatoms. The van der Waals surface area contributed by atoms with E-state index in [4.69, 9.17) is 11.6 Å². The van der Waals surface area contributed by atoms with E-state index in [2.05, 4.69) is 4.72 Å². The molecule has 0 unspecified atom stereocenters. The van der Waals surface area contributed by atoms with E-state index < -0.39 is 10.0 Å². The van der Waals surface area contributed by atoms with E-state index in [-0.39, 0.29) is 10.8 Å². The highest BCUT2D eigenvalue weighted by atomic mass is 35.5. The zero-order chi connectivity index (χ0) is 13.2. The van der Waals surface area contributed by atoms with Crippen molar-refractivity contribution in [1.82, 2.24) is 4.72 Å². The third kappa shape index (κ3) is 3.32. The number of rotatable bonds is 4. The van der Waals surface area contributed by atoms with Gasteiger partial charge in [0.25, 0.3) is 0 Å². The van der Waals surface area contributed by atoms with Gasteiger partial charge in [-0.2, -0.15) is 0 Å². The number of halogens is 1. The molecule has 0 aliphatic rings. The van der Waals surface area contributed by atoms with Gasteiger partial charge in [0.1, 0.15) is 4.21 Å². The van der Waals surface area contributed by atoms with Crippen LogP contribution < -0.4 is 4.72 Å². The summed E-state index contributed by atoms with van der Waals surface area (Å²) in [5.41, 5.74) is 2.07. The van der Waals surface area contributed by atoms with Gasteiger partial charge in [-0.1, -0.05) is 41.4 Å². The molecule has 0 fully saturated rings. The van der Waals surface area contributed by atoms with Gasteiger partial charge in [0.2, 0.25) is 10.0 Å². The molecule has 0 amide bonds. The van der Waals surface area contributed by atoms with Crippen LogP contribution in [0.4, 0.5) is 0 Å². The van der Waals surface area contributed by atoms with Crippen molar-refractivity contribution in [1.29, 1.82) is 0 Å². The van der Waals surface area contributed by atoms with Crippen LogP contribution in [-0.2, 0) is 16.6 Å². The maximum absolute atomic E-state index is 11.9. The average molecular weight is 302 g/mol. The Morgan fingerprint density at radius 1 is 1.17 bits per heavy atom. The van der Waals surface area contributed by atoms with E-state index in [1.54, 1.807) is 6.07 Å². The Morgan fingerprint density at radius 2 is 1.83 bits per heavy atom. The Kier molecular flexibility index (Phi) is 4.07. The van der Waals surface area contributed by atoms with Gasteiger partial charge >= 0.3 is 0 Å². The molecule has 0 saturated carbocycles. The number of hydrogen-bond donors (Lipinski definition) is 1. The van der Waals surface area contributed by atoms with Gasteiger partial charge in [0, 0.05) is 6.54 Å². The van der Waals surface area contributed by atoms with E-state index in [9.17, 15) is 8.42 Å². The molecule has 1 heterocycles. The topological polar surface area (TPSA) is 46.2 Å². The normalized spacial score (nSPS) is 11.7. The van der Waals surface area contributed by atoms with Crippen LogP contribution in [0.3, 0.4) is 0 Å². The highest BCUT2D eigenvalue weighted by Gasteiger charge is 2.15. The largest absolute Gasteiger partial charge is 0.250 e. The predicted octanol–water partition coefficient (Wildman–Crippen LogP) is 3.19. The summed E-state index contributed by atoms with van der Waals surface area (Å²) in [6, 6.07) is 10.8. The van der Waals surface area contributed by atoms with Gasteiger partial charge in [0.15, 0.2) is 0 Å². The van der Waals surface area contributed by atoms with Gasteiger partial charge in [-0.15, -0.1) is 11.3 Å². The molecule has 18 heavy (non-hydrogen) atoms. The number of aryl methyl sites for hydroxylation is 1. The Labute approximate surface area is 115 Å². The fourth-order valence-corrected chi connectivity index (χ4v) is 3.94. The zero-order valence-electron chi connectivity index (χ0n) is 9.68. The molecular formula is C12H12ClNO2S2. The lowest BCUT2D eigenvalue weighted by Crippen LogP contribution is -2.22. The first-order valence-corrected chi connectivity index (χ1v) is 7.96.